The second kappa shape index (κ2) is 12.5. The van der Waals surface area contributed by atoms with E-state index in [-0.39, 0.29) is 31.8 Å². The molecular weight excluding hydrogens is 480 g/mol. The van der Waals surface area contributed by atoms with Gasteiger partial charge in [-0.1, -0.05) is 60.7 Å². The third-order valence-corrected chi connectivity index (χ3v) is 5.98. The third-order valence-electron chi connectivity index (χ3n) is 5.98. The van der Waals surface area contributed by atoms with Crippen LogP contribution in [0.4, 0.5) is 4.79 Å². The highest BCUT2D eigenvalue weighted by atomic mass is 16.5. The standard InChI is InChI=1S/C26H30N4O7/c1-17(22(32)29-20-15-27-23(20)33)28-21(31)12-13-26(24(34)35,14-18-8-4-2-5-9-18)30-25(36)37-16-19-10-6-3-7-11-19/h2-11,17,20H,12-16H2,1H3,(H,27,33)(H,28,31)(H,29,32)(H,30,36)(H,34,35)/t17-,20?,26+/m1/s1. The molecule has 5 N–H and O–H groups in total. The average Bonchev–Trinajstić information content (AvgIpc) is 2.89. The number of rotatable bonds is 12. The molecule has 1 heterocycles. The Labute approximate surface area is 214 Å². The van der Waals surface area contributed by atoms with Gasteiger partial charge in [0.25, 0.3) is 0 Å². The molecule has 37 heavy (non-hydrogen) atoms. The Kier molecular flexibility index (Phi) is 9.20. The molecule has 11 nitrogen and oxygen atoms in total. The van der Waals surface area contributed by atoms with Gasteiger partial charge in [-0.3, -0.25) is 14.4 Å². The zero-order chi connectivity index (χ0) is 26.8. The van der Waals surface area contributed by atoms with Crippen LogP contribution in [-0.2, 0) is 36.9 Å². The van der Waals surface area contributed by atoms with Crippen molar-refractivity contribution in [2.24, 2.45) is 0 Å². The summed E-state index contributed by atoms with van der Waals surface area (Å²) in [5.41, 5.74) is -0.477. The lowest BCUT2D eigenvalue weighted by molar-refractivity contribution is -0.145. The minimum Gasteiger partial charge on any atom is -0.479 e. The number of amides is 4. The maximum atomic E-state index is 12.6. The number of aliphatic carboxylic acids is 1. The largest absolute Gasteiger partial charge is 0.479 e. The molecule has 2 aromatic rings. The molecule has 1 aliphatic rings. The van der Waals surface area contributed by atoms with Crippen LogP contribution in [-0.4, -0.2) is 59.1 Å². The lowest BCUT2D eigenvalue weighted by Gasteiger charge is -2.30. The number of carboxylic acids is 1. The van der Waals surface area contributed by atoms with Crippen LogP contribution >= 0.6 is 0 Å². The van der Waals surface area contributed by atoms with Crippen molar-refractivity contribution in [3.05, 3.63) is 71.8 Å². The van der Waals surface area contributed by atoms with Gasteiger partial charge in [-0.05, 0) is 24.5 Å². The smallest absolute Gasteiger partial charge is 0.408 e. The Bertz CT molecular complexity index is 1130. The molecule has 3 atom stereocenters. The second-order valence-electron chi connectivity index (χ2n) is 8.83. The fourth-order valence-electron chi connectivity index (χ4n) is 3.74. The van der Waals surface area contributed by atoms with Crippen molar-refractivity contribution >= 4 is 29.8 Å². The van der Waals surface area contributed by atoms with Gasteiger partial charge in [-0.15, -0.1) is 0 Å². The van der Waals surface area contributed by atoms with Crippen LogP contribution in [0.15, 0.2) is 60.7 Å². The number of β-lactam (4-membered cyclic amide) rings is 1. The molecule has 1 saturated heterocycles. The van der Waals surface area contributed by atoms with Gasteiger partial charge in [-0.25, -0.2) is 9.59 Å². The Morgan fingerprint density at radius 2 is 1.68 bits per heavy atom. The second-order valence-corrected chi connectivity index (χ2v) is 8.83. The number of hydrogen-bond acceptors (Lipinski definition) is 6. The summed E-state index contributed by atoms with van der Waals surface area (Å²) in [6, 6.07) is 16.0. The van der Waals surface area contributed by atoms with Crippen LogP contribution in [0, 0.1) is 0 Å². The molecule has 2 aromatic carbocycles. The first-order chi connectivity index (χ1) is 17.7. The SMILES string of the molecule is C[C@@H](NC(=O)CC[C@@](Cc1ccccc1)(NC(=O)OCc1ccccc1)C(=O)O)C(=O)NC1CNC1=O. The van der Waals surface area contributed by atoms with E-state index in [4.69, 9.17) is 4.74 Å². The van der Waals surface area contributed by atoms with Gasteiger partial charge < -0.3 is 31.1 Å². The first kappa shape index (κ1) is 27.2. The molecule has 196 valence electrons. The predicted molar refractivity (Wildman–Crippen MR) is 132 cm³/mol. The van der Waals surface area contributed by atoms with Crippen molar-refractivity contribution < 1.29 is 33.8 Å². The summed E-state index contributed by atoms with van der Waals surface area (Å²) in [7, 11) is 0. The first-order valence-electron chi connectivity index (χ1n) is 11.8. The summed E-state index contributed by atoms with van der Waals surface area (Å²) in [5.74, 6) is -2.75. The summed E-state index contributed by atoms with van der Waals surface area (Å²) in [6.07, 6.45) is -1.58. The Morgan fingerprint density at radius 3 is 2.22 bits per heavy atom. The Balaban J connectivity index is 1.65. The highest BCUT2D eigenvalue weighted by Crippen LogP contribution is 2.21. The summed E-state index contributed by atoms with van der Waals surface area (Å²) < 4.78 is 5.24. The third kappa shape index (κ3) is 7.79. The number of carbonyl (C=O) groups excluding carboxylic acids is 4. The molecule has 0 radical (unpaired) electrons. The van der Waals surface area contributed by atoms with Crippen LogP contribution in [0.3, 0.4) is 0 Å². The number of alkyl carbamates (subject to hydrolysis) is 1. The van der Waals surface area contributed by atoms with Crippen LogP contribution in [0.1, 0.15) is 30.9 Å². The van der Waals surface area contributed by atoms with Crippen LogP contribution < -0.4 is 21.3 Å². The molecule has 3 rings (SSSR count). The van der Waals surface area contributed by atoms with Gasteiger partial charge in [-0.2, -0.15) is 0 Å². The molecule has 0 spiro atoms. The monoisotopic (exact) mass is 510 g/mol. The van der Waals surface area contributed by atoms with E-state index < -0.39 is 41.5 Å². The quantitative estimate of drug-likeness (QED) is 0.265. The fraction of sp³-hybridized carbons (Fsp3) is 0.346. The van der Waals surface area contributed by atoms with Crippen molar-refractivity contribution in [2.75, 3.05) is 6.54 Å². The Morgan fingerprint density at radius 1 is 1.05 bits per heavy atom. The maximum absolute atomic E-state index is 12.6. The summed E-state index contributed by atoms with van der Waals surface area (Å²) >= 11 is 0. The topological polar surface area (TPSA) is 163 Å². The van der Waals surface area contributed by atoms with Crippen molar-refractivity contribution in [2.45, 2.75) is 50.4 Å². The Hall–Kier alpha value is -4.41. The molecule has 11 heteroatoms. The zero-order valence-electron chi connectivity index (χ0n) is 20.4. The number of carboxylic acid groups (broad SMARTS) is 1. The predicted octanol–water partition coefficient (Wildman–Crippen LogP) is 0.878. The zero-order valence-corrected chi connectivity index (χ0v) is 20.4. The lowest BCUT2D eigenvalue weighted by atomic mass is 9.86. The minimum atomic E-state index is -1.85. The van der Waals surface area contributed by atoms with Gasteiger partial charge in [0.05, 0.1) is 0 Å². The maximum Gasteiger partial charge on any atom is 0.408 e. The van der Waals surface area contributed by atoms with Crippen molar-refractivity contribution in [1.82, 2.24) is 21.3 Å². The molecule has 1 fully saturated rings. The molecule has 0 bridgehead atoms. The van der Waals surface area contributed by atoms with Gasteiger partial charge in [0.15, 0.2) is 0 Å². The first-order valence-corrected chi connectivity index (χ1v) is 11.8. The summed E-state index contributed by atoms with van der Waals surface area (Å²) in [4.78, 5) is 61.3. The average molecular weight is 511 g/mol. The fourth-order valence-corrected chi connectivity index (χ4v) is 3.74. The lowest BCUT2D eigenvalue weighted by Crippen LogP contribution is -2.63. The van der Waals surface area contributed by atoms with Crippen LogP contribution in [0.5, 0.6) is 0 Å². The van der Waals surface area contributed by atoms with E-state index in [2.05, 4.69) is 21.3 Å². The number of hydrogen-bond donors (Lipinski definition) is 5. The molecular formula is C26H30N4O7. The van der Waals surface area contributed by atoms with Gasteiger partial charge in [0, 0.05) is 19.4 Å². The van der Waals surface area contributed by atoms with Crippen molar-refractivity contribution in [3.8, 4) is 0 Å². The highest BCUT2D eigenvalue weighted by Gasteiger charge is 2.41. The number of nitrogens with one attached hydrogen (secondary N) is 4. The van der Waals surface area contributed by atoms with E-state index in [0.717, 1.165) is 5.56 Å². The van der Waals surface area contributed by atoms with Crippen molar-refractivity contribution in [1.29, 1.82) is 0 Å². The van der Waals surface area contributed by atoms with Gasteiger partial charge in [0.2, 0.25) is 17.7 Å². The van der Waals surface area contributed by atoms with Gasteiger partial charge in [0.1, 0.15) is 24.2 Å². The van der Waals surface area contributed by atoms with Gasteiger partial charge >= 0.3 is 12.1 Å². The highest BCUT2D eigenvalue weighted by molar-refractivity contribution is 5.94. The summed E-state index contributed by atoms with van der Waals surface area (Å²) in [6.45, 7) is 1.72. The number of ether oxygens (including phenoxy) is 1. The molecule has 1 unspecified atom stereocenters. The number of carbonyl (C=O) groups is 5. The number of benzene rings is 2. The molecule has 0 saturated carbocycles. The van der Waals surface area contributed by atoms with Crippen LogP contribution in [0.25, 0.3) is 0 Å². The van der Waals surface area contributed by atoms with E-state index in [1.807, 2.05) is 6.07 Å². The summed E-state index contributed by atoms with van der Waals surface area (Å²) in [5, 5.41) is 20.1. The molecule has 0 aliphatic carbocycles. The van der Waals surface area contributed by atoms with E-state index in [9.17, 15) is 29.1 Å². The van der Waals surface area contributed by atoms with E-state index >= 15 is 0 Å². The molecule has 0 aromatic heterocycles. The minimum absolute atomic E-state index is 0.0557. The van der Waals surface area contributed by atoms with E-state index in [1.54, 1.807) is 54.6 Å². The van der Waals surface area contributed by atoms with E-state index in [1.165, 1.54) is 6.92 Å². The normalized spacial score (nSPS) is 16.7. The van der Waals surface area contributed by atoms with Crippen LogP contribution in [0.2, 0.25) is 0 Å². The van der Waals surface area contributed by atoms with Crippen molar-refractivity contribution in [3.63, 3.8) is 0 Å². The molecule has 1 aliphatic heterocycles. The van der Waals surface area contributed by atoms with E-state index in [0.29, 0.717) is 12.1 Å². The molecule has 4 amide bonds.